The van der Waals surface area contributed by atoms with Gasteiger partial charge in [-0.25, -0.2) is 8.42 Å². The molecule has 0 saturated heterocycles. The Morgan fingerprint density at radius 3 is 2.14 bits per heavy atom. The Hall–Kier alpha value is -3.87. The van der Waals surface area contributed by atoms with Gasteiger partial charge in [0.15, 0.2) is 0 Å². The topological polar surface area (TPSA) is 86.8 Å². The van der Waals surface area contributed by atoms with E-state index in [0.29, 0.717) is 15.9 Å². The first-order chi connectivity index (χ1) is 23.8. The summed E-state index contributed by atoms with van der Waals surface area (Å²) in [7, 11) is -4.60. The molecule has 4 aromatic carbocycles. The van der Waals surface area contributed by atoms with Crippen LogP contribution in [-0.4, -0.2) is 43.8 Å². The summed E-state index contributed by atoms with van der Waals surface area (Å²) in [5.74, 6) is -1.18. The zero-order chi connectivity index (χ0) is 35.9. The fraction of sp³-hybridized carbons (Fsp3) is 0.297. The molecule has 1 N–H and O–H groups in total. The number of carbonyl (C=O) groups is 2. The number of nitrogens with one attached hydrogen (secondary N) is 1. The average Bonchev–Trinajstić information content (AvgIpc) is 3.09. The van der Waals surface area contributed by atoms with Gasteiger partial charge in [-0.2, -0.15) is 13.2 Å². The predicted molar refractivity (Wildman–Crippen MR) is 191 cm³/mol. The van der Waals surface area contributed by atoms with Crippen molar-refractivity contribution in [3.8, 4) is 0 Å². The molecule has 4 aromatic rings. The summed E-state index contributed by atoms with van der Waals surface area (Å²) in [6.45, 7) is -0.979. The number of benzene rings is 4. The van der Waals surface area contributed by atoms with Crippen molar-refractivity contribution in [3.63, 3.8) is 0 Å². The van der Waals surface area contributed by atoms with Crippen LogP contribution in [0, 0.1) is 0 Å². The van der Waals surface area contributed by atoms with E-state index in [2.05, 4.69) is 21.2 Å². The van der Waals surface area contributed by atoms with Crippen LogP contribution in [0.25, 0.3) is 0 Å². The molecule has 7 nitrogen and oxygen atoms in total. The number of nitrogens with zero attached hydrogens (tertiary/aromatic N) is 2. The molecule has 1 saturated carbocycles. The van der Waals surface area contributed by atoms with Crippen LogP contribution in [-0.2, 0) is 38.8 Å². The van der Waals surface area contributed by atoms with Crippen molar-refractivity contribution in [2.45, 2.75) is 68.2 Å². The van der Waals surface area contributed by atoms with Crippen LogP contribution < -0.4 is 9.62 Å². The lowest BCUT2D eigenvalue weighted by atomic mass is 9.94. The van der Waals surface area contributed by atoms with Crippen molar-refractivity contribution in [1.82, 2.24) is 10.2 Å². The summed E-state index contributed by atoms with van der Waals surface area (Å²) in [5, 5.41) is 2.51. The minimum atomic E-state index is -4.90. The van der Waals surface area contributed by atoms with Gasteiger partial charge in [0.05, 0.1) is 21.2 Å². The Bertz CT molecular complexity index is 1890. The normalized spacial score (nSPS) is 14.5. The standard InChI is InChI=1S/C37H36BrClF3N3O4S/c38-28-14-10-13-27(21-28)24-44(34(22-26-11-4-1-5-12-26)36(47)43-29-15-6-2-7-16-29)35(46)25-45(50(48,49)31-17-8-3-9-18-31)30-19-20-33(39)32(23-30)37(40,41)42/h1,3-5,8-14,17-21,23,29,34H,2,6-7,15-16,22,24-25H2,(H,43,47)/t34-/m0/s1. The third-order valence-corrected chi connectivity index (χ3v) is 11.2. The second-order valence-electron chi connectivity index (χ2n) is 12.2. The summed E-state index contributed by atoms with van der Waals surface area (Å²) in [4.78, 5) is 29.9. The molecule has 0 unspecified atom stereocenters. The molecule has 0 aliphatic heterocycles. The first-order valence-electron chi connectivity index (χ1n) is 16.2. The van der Waals surface area contributed by atoms with Crippen molar-refractivity contribution < 1.29 is 31.2 Å². The number of hydrogen-bond acceptors (Lipinski definition) is 4. The van der Waals surface area contributed by atoms with Crippen molar-refractivity contribution >= 4 is 55.1 Å². The van der Waals surface area contributed by atoms with Gasteiger partial charge in [-0.1, -0.05) is 107 Å². The van der Waals surface area contributed by atoms with Gasteiger partial charge in [0.25, 0.3) is 10.0 Å². The molecular weight excluding hydrogens is 755 g/mol. The van der Waals surface area contributed by atoms with E-state index in [0.717, 1.165) is 54.3 Å². The molecule has 0 radical (unpaired) electrons. The lowest BCUT2D eigenvalue weighted by molar-refractivity contribution is -0.140. The Balaban J connectivity index is 1.60. The number of halogens is 5. The van der Waals surface area contributed by atoms with E-state index in [1.54, 1.807) is 30.3 Å². The number of amides is 2. The van der Waals surface area contributed by atoms with Gasteiger partial charge >= 0.3 is 6.18 Å². The zero-order valence-corrected chi connectivity index (χ0v) is 30.1. The molecule has 264 valence electrons. The fourth-order valence-electron chi connectivity index (χ4n) is 6.06. The highest BCUT2D eigenvalue weighted by Crippen LogP contribution is 2.38. The van der Waals surface area contributed by atoms with E-state index < -0.39 is 56.9 Å². The molecule has 0 heterocycles. The maximum Gasteiger partial charge on any atom is 0.417 e. The smallest absolute Gasteiger partial charge is 0.352 e. The zero-order valence-electron chi connectivity index (χ0n) is 27.0. The minimum Gasteiger partial charge on any atom is -0.352 e. The fourth-order valence-corrected chi connectivity index (χ4v) is 8.16. The average molecular weight is 791 g/mol. The van der Waals surface area contributed by atoms with Gasteiger partial charge in [0, 0.05) is 23.5 Å². The minimum absolute atomic E-state index is 0.0813. The summed E-state index contributed by atoms with van der Waals surface area (Å²) in [6.07, 6.45) is -0.201. The number of carbonyl (C=O) groups excluding carboxylic acids is 2. The van der Waals surface area contributed by atoms with E-state index in [4.69, 9.17) is 11.6 Å². The molecule has 13 heteroatoms. The Labute approximate surface area is 303 Å². The Morgan fingerprint density at radius 1 is 0.860 bits per heavy atom. The van der Waals surface area contributed by atoms with Crippen LogP contribution in [0.4, 0.5) is 18.9 Å². The van der Waals surface area contributed by atoms with Gasteiger partial charge < -0.3 is 10.2 Å². The maximum absolute atomic E-state index is 14.7. The second kappa shape index (κ2) is 16.4. The van der Waals surface area contributed by atoms with E-state index in [1.807, 2.05) is 30.3 Å². The van der Waals surface area contributed by atoms with E-state index in [1.165, 1.54) is 29.2 Å². The number of hydrogen-bond donors (Lipinski definition) is 1. The molecule has 0 aromatic heterocycles. The Morgan fingerprint density at radius 2 is 1.50 bits per heavy atom. The summed E-state index contributed by atoms with van der Waals surface area (Å²) in [6, 6.07) is 24.9. The van der Waals surface area contributed by atoms with Crippen LogP contribution >= 0.6 is 27.5 Å². The third kappa shape index (κ3) is 9.46. The van der Waals surface area contributed by atoms with E-state index in [9.17, 15) is 31.2 Å². The Kier molecular flexibility index (Phi) is 12.3. The van der Waals surface area contributed by atoms with Crippen molar-refractivity contribution in [2.75, 3.05) is 10.8 Å². The molecule has 50 heavy (non-hydrogen) atoms. The summed E-state index contributed by atoms with van der Waals surface area (Å²) in [5.41, 5.74) is -0.242. The van der Waals surface area contributed by atoms with Crippen LogP contribution in [0.3, 0.4) is 0 Å². The lowest BCUT2D eigenvalue weighted by Crippen LogP contribution is -2.55. The molecule has 1 fully saturated rings. The molecular formula is C37H36BrClF3N3O4S. The van der Waals surface area contributed by atoms with Gasteiger partial charge in [0.1, 0.15) is 12.6 Å². The summed E-state index contributed by atoms with van der Waals surface area (Å²) >= 11 is 9.35. The molecule has 2 amide bonds. The largest absolute Gasteiger partial charge is 0.417 e. The molecule has 0 spiro atoms. The van der Waals surface area contributed by atoms with Crippen LogP contribution in [0.15, 0.2) is 112 Å². The third-order valence-electron chi connectivity index (χ3n) is 8.62. The molecule has 1 aliphatic rings. The molecule has 5 rings (SSSR count). The monoisotopic (exact) mass is 789 g/mol. The molecule has 0 bridgehead atoms. The van der Waals surface area contributed by atoms with Crippen LogP contribution in [0.5, 0.6) is 0 Å². The first-order valence-corrected chi connectivity index (χ1v) is 18.8. The van der Waals surface area contributed by atoms with E-state index >= 15 is 0 Å². The highest BCUT2D eigenvalue weighted by molar-refractivity contribution is 9.10. The first kappa shape index (κ1) is 37.4. The molecule has 1 aliphatic carbocycles. The number of alkyl halides is 3. The number of anilines is 1. The predicted octanol–water partition coefficient (Wildman–Crippen LogP) is 8.41. The van der Waals surface area contributed by atoms with Crippen molar-refractivity contribution in [3.05, 3.63) is 129 Å². The second-order valence-corrected chi connectivity index (χ2v) is 15.4. The van der Waals surface area contributed by atoms with Gasteiger partial charge in [-0.15, -0.1) is 0 Å². The lowest BCUT2D eigenvalue weighted by Gasteiger charge is -2.35. The SMILES string of the molecule is O=C(NC1CCCCC1)[C@H](Cc1ccccc1)N(Cc1cccc(Br)c1)C(=O)CN(c1ccc(Cl)c(C(F)(F)F)c1)S(=O)(=O)c1ccccc1. The van der Waals surface area contributed by atoms with Crippen molar-refractivity contribution in [2.24, 2.45) is 0 Å². The van der Waals surface area contributed by atoms with Crippen LogP contribution in [0.1, 0.15) is 48.8 Å². The van der Waals surface area contributed by atoms with Gasteiger partial charge in [0.2, 0.25) is 11.8 Å². The summed E-state index contributed by atoms with van der Waals surface area (Å²) < 4.78 is 71.7. The van der Waals surface area contributed by atoms with Crippen molar-refractivity contribution in [1.29, 1.82) is 0 Å². The number of rotatable bonds is 12. The maximum atomic E-state index is 14.7. The highest BCUT2D eigenvalue weighted by Gasteiger charge is 2.38. The number of sulfonamides is 1. The van der Waals surface area contributed by atoms with Crippen LogP contribution in [0.2, 0.25) is 5.02 Å². The highest BCUT2D eigenvalue weighted by atomic mass is 79.9. The van der Waals surface area contributed by atoms with Gasteiger partial charge in [-0.05, 0) is 66.4 Å². The quantitative estimate of drug-likeness (QED) is 0.156. The van der Waals surface area contributed by atoms with Gasteiger partial charge in [-0.3, -0.25) is 13.9 Å². The van der Waals surface area contributed by atoms with E-state index in [-0.39, 0.29) is 23.9 Å². The molecule has 1 atom stereocenters.